The van der Waals surface area contributed by atoms with Crippen molar-refractivity contribution in [1.82, 2.24) is 15.1 Å². The molecule has 2 heterocycles. The van der Waals surface area contributed by atoms with Gasteiger partial charge in [-0.15, -0.1) is 0 Å². The van der Waals surface area contributed by atoms with Crippen LogP contribution in [0.4, 0.5) is 0 Å². The van der Waals surface area contributed by atoms with Crippen LogP contribution in [0.15, 0.2) is 84.8 Å². The number of H-pyrrole nitrogens is 1. The molecule has 0 aliphatic carbocycles. The molecule has 0 saturated heterocycles. The largest absolute Gasteiger partial charge is 0.507 e. The first-order chi connectivity index (χ1) is 16.6. The highest BCUT2D eigenvalue weighted by Crippen LogP contribution is 2.30. The van der Waals surface area contributed by atoms with Gasteiger partial charge in [0.25, 0.3) is 5.91 Å². The number of hydrogen-bond donors (Lipinski definition) is 2. The summed E-state index contributed by atoms with van der Waals surface area (Å²) in [7, 11) is 1.71. The first kappa shape index (κ1) is 21.6. The minimum absolute atomic E-state index is 0.102. The number of nitrogens with zero attached hydrogens (tertiary/aromatic N) is 2. The Balaban J connectivity index is 1.47. The van der Waals surface area contributed by atoms with E-state index in [1.165, 1.54) is 0 Å². The molecule has 1 unspecified atom stereocenters. The van der Waals surface area contributed by atoms with Gasteiger partial charge in [0.05, 0.1) is 22.8 Å². The zero-order chi connectivity index (χ0) is 23.5. The van der Waals surface area contributed by atoms with Crippen molar-refractivity contribution in [2.75, 3.05) is 13.8 Å². The molecule has 172 valence electrons. The normalized spacial score (nSPS) is 13.7. The van der Waals surface area contributed by atoms with Gasteiger partial charge in [0.1, 0.15) is 12.0 Å². The van der Waals surface area contributed by atoms with Crippen LogP contribution in [-0.2, 0) is 22.3 Å². The Morgan fingerprint density at radius 1 is 1.09 bits per heavy atom. The zero-order valence-corrected chi connectivity index (χ0v) is 18.8. The number of amides is 1. The average molecular weight is 456 g/mol. The van der Waals surface area contributed by atoms with Crippen molar-refractivity contribution in [3.05, 3.63) is 107 Å². The van der Waals surface area contributed by atoms with E-state index >= 15 is 0 Å². The minimum Gasteiger partial charge on any atom is -0.507 e. The number of phenols is 1. The number of benzene rings is 3. The maximum atomic E-state index is 13.6. The third-order valence-electron chi connectivity index (χ3n) is 6.08. The van der Waals surface area contributed by atoms with Gasteiger partial charge in [-0.05, 0) is 17.2 Å². The van der Waals surface area contributed by atoms with Crippen molar-refractivity contribution in [1.29, 1.82) is 0 Å². The Bertz CT molecular complexity index is 1330. The molecule has 1 atom stereocenters. The maximum absolute atomic E-state index is 13.6. The van der Waals surface area contributed by atoms with Crippen LogP contribution >= 0.6 is 0 Å². The molecule has 0 fully saturated rings. The standard InChI is InChI=1S/C27H25N3O4/c1-30(24(26-16-33-17-34-26)13-19-10-6-3-7-11-19)27(32)21-14-20-22(12-18-8-4-2-5-9-18)28-29-23(20)15-25(21)31/h2-11,14-16,24,31H,12-13,17H2,1H3,(H,28,29). The van der Waals surface area contributed by atoms with Crippen LogP contribution in [0.3, 0.4) is 0 Å². The number of likely N-dealkylation sites (N-methyl/N-ethyl adjacent to an activating group) is 1. The van der Waals surface area contributed by atoms with Gasteiger partial charge in [-0.1, -0.05) is 60.7 Å². The van der Waals surface area contributed by atoms with Crippen molar-refractivity contribution in [2.24, 2.45) is 0 Å². The van der Waals surface area contributed by atoms with E-state index in [0.29, 0.717) is 24.1 Å². The highest BCUT2D eigenvalue weighted by Gasteiger charge is 2.30. The van der Waals surface area contributed by atoms with Gasteiger partial charge in [-0.25, -0.2) is 0 Å². The topological polar surface area (TPSA) is 87.7 Å². The summed E-state index contributed by atoms with van der Waals surface area (Å²) >= 11 is 0. The van der Waals surface area contributed by atoms with Gasteiger partial charge >= 0.3 is 0 Å². The van der Waals surface area contributed by atoms with Gasteiger partial charge in [0.15, 0.2) is 5.76 Å². The molecular weight excluding hydrogens is 430 g/mol. The molecule has 7 heteroatoms. The number of fused-ring (bicyclic) bond motifs is 1. The smallest absolute Gasteiger partial charge is 0.258 e. The minimum atomic E-state index is -0.388. The van der Waals surface area contributed by atoms with E-state index in [-0.39, 0.29) is 30.1 Å². The Morgan fingerprint density at radius 3 is 2.47 bits per heavy atom. The lowest BCUT2D eigenvalue weighted by Crippen LogP contribution is -2.40. The number of hydrogen-bond acceptors (Lipinski definition) is 5. The van der Waals surface area contributed by atoms with E-state index < -0.39 is 0 Å². The Morgan fingerprint density at radius 2 is 1.79 bits per heavy atom. The van der Waals surface area contributed by atoms with Crippen LogP contribution in [0, 0.1) is 0 Å². The number of aromatic hydroxyl groups is 1. The number of rotatable bonds is 7. The second-order valence-electron chi connectivity index (χ2n) is 8.32. The molecule has 0 saturated carbocycles. The highest BCUT2D eigenvalue weighted by atomic mass is 16.7. The second kappa shape index (κ2) is 9.31. The van der Waals surface area contributed by atoms with E-state index in [1.807, 2.05) is 60.7 Å². The molecule has 0 radical (unpaired) electrons. The highest BCUT2D eigenvalue weighted by molar-refractivity contribution is 6.01. The lowest BCUT2D eigenvalue weighted by atomic mass is 10.0. The van der Waals surface area contributed by atoms with Crippen LogP contribution in [0.25, 0.3) is 10.9 Å². The maximum Gasteiger partial charge on any atom is 0.258 e. The molecular formula is C27H25N3O4. The summed E-state index contributed by atoms with van der Waals surface area (Å²) in [6, 6.07) is 22.8. The fraction of sp³-hybridized carbons (Fsp3) is 0.185. The molecule has 4 aromatic rings. The van der Waals surface area contributed by atoms with Gasteiger partial charge in [0.2, 0.25) is 6.79 Å². The van der Waals surface area contributed by atoms with Crippen LogP contribution in [-0.4, -0.2) is 46.0 Å². The fourth-order valence-electron chi connectivity index (χ4n) is 4.23. The van der Waals surface area contributed by atoms with Crippen LogP contribution in [0.2, 0.25) is 0 Å². The number of carbonyl (C=O) groups excluding carboxylic acids is 1. The third kappa shape index (κ3) is 4.32. The van der Waals surface area contributed by atoms with Crippen LogP contribution in [0.5, 0.6) is 5.75 Å². The summed E-state index contributed by atoms with van der Waals surface area (Å²) in [5.41, 5.74) is 3.88. The summed E-state index contributed by atoms with van der Waals surface area (Å²) in [6.45, 7) is 0.123. The summed E-state index contributed by atoms with van der Waals surface area (Å²) < 4.78 is 10.9. The number of aromatic nitrogens is 2. The Kier molecular flexibility index (Phi) is 5.91. The summed E-state index contributed by atoms with van der Waals surface area (Å²) in [6.07, 6.45) is 2.71. The molecule has 1 amide bonds. The van der Waals surface area contributed by atoms with Gasteiger partial charge < -0.3 is 19.5 Å². The molecule has 34 heavy (non-hydrogen) atoms. The Labute approximate surface area is 197 Å². The van der Waals surface area contributed by atoms with Crippen molar-refractivity contribution in [3.8, 4) is 5.75 Å². The number of carbonyl (C=O) groups is 1. The number of phenolic OH excluding ortho intramolecular Hbond substituents is 1. The van der Waals surface area contributed by atoms with E-state index in [1.54, 1.807) is 30.3 Å². The quantitative estimate of drug-likeness (QED) is 0.432. The molecule has 0 bridgehead atoms. The summed E-state index contributed by atoms with van der Waals surface area (Å²) in [4.78, 5) is 15.2. The molecule has 1 aliphatic rings. The van der Waals surface area contributed by atoms with Crippen LogP contribution < -0.4 is 0 Å². The average Bonchev–Trinajstić information content (AvgIpc) is 3.53. The Hall–Kier alpha value is -4.26. The van der Waals surface area contributed by atoms with Gasteiger partial charge in [-0.2, -0.15) is 5.10 Å². The molecule has 3 aromatic carbocycles. The predicted molar refractivity (Wildman–Crippen MR) is 128 cm³/mol. The van der Waals surface area contributed by atoms with E-state index in [4.69, 9.17) is 9.47 Å². The number of nitrogens with one attached hydrogen (secondary N) is 1. The molecule has 7 nitrogen and oxygen atoms in total. The molecule has 2 N–H and O–H groups in total. The number of ether oxygens (including phenoxy) is 2. The summed E-state index contributed by atoms with van der Waals surface area (Å²) in [5.74, 6) is 0.159. The van der Waals surface area contributed by atoms with Crippen LogP contribution in [0.1, 0.15) is 27.2 Å². The van der Waals surface area contributed by atoms with Gasteiger partial charge in [0, 0.05) is 31.3 Å². The van der Waals surface area contributed by atoms with E-state index in [9.17, 15) is 9.90 Å². The van der Waals surface area contributed by atoms with Gasteiger partial charge in [-0.3, -0.25) is 9.89 Å². The lowest BCUT2D eigenvalue weighted by molar-refractivity contribution is 0.0534. The SMILES string of the molecule is CN(C(=O)c1cc2c(Cc3ccccc3)n[nH]c2cc1O)C(Cc1ccccc1)C1=COCO1. The summed E-state index contributed by atoms with van der Waals surface area (Å²) in [5, 5.41) is 18.9. The van der Waals surface area contributed by atoms with Crippen molar-refractivity contribution in [2.45, 2.75) is 18.9 Å². The molecule has 5 rings (SSSR count). The van der Waals surface area contributed by atoms with Crippen molar-refractivity contribution < 1.29 is 19.4 Å². The van der Waals surface area contributed by atoms with Crippen molar-refractivity contribution >= 4 is 16.8 Å². The molecule has 1 aliphatic heterocycles. The monoisotopic (exact) mass is 455 g/mol. The third-order valence-corrected chi connectivity index (χ3v) is 6.08. The first-order valence-electron chi connectivity index (χ1n) is 11.1. The first-order valence-corrected chi connectivity index (χ1v) is 11.1. The van der Waals surface area contributed by atoms with E-state index in [0.717, 1.165) is 22.2 Å². The molecule has 0 spiro atoms. The zero-order valence-electron chi connectivity index (χ0n) is 18.8. The second-order valence-corrected chi connectivity index (χ2v) is 8.32. The fourth-order valence-corrected chi connectivity index (χ4v) is 4.23. The van der Waals surface area contributed by atoms with E-state index in [2.05, 4.69) is 10.2 Å². The number of aromatic amines is 1. The lowest BCUT2D eigenvalue weighted by Gasteiger charge is -2.28. The predicted octanol–water partition coefficient (Wildman–Crippen LogP) is 4.39. The molecule has 1 aromatic heterocycles. The van der Waals surface area contributed by atoms with Crippen molar-refractivity contribution in [3.63, 3.8) is 0 Å².